The molecule has 1 aromatic heterocycles. The van der Waals surface area contributed by atoms with Crippen molar-refractivity contribution < 1.29 is 0 Å². The lowest BCUT2D eigenvalue weighted by atomic mass is 9.33. The second-order valence-corrected chi connectivity index (χ2v) is 16.4. The zero-order chi connectivity index (χ0) is 38.9. The van der Waals surface area contributed by atoms with Crippen LogP contribution >= 0.6 is 11.3 Å². The molecule has 9 aromatic carbocycles. The Morgan fingerprint density at radius 3 is 1.51 bits per heavy atom. The lowest BCUT2D eigenvalue weighted by Crippen LogP contribution is -2.61. The molecule has 12 rings (SSSR count). The summed E-state index contributed by atoms with van der Waals surface area (Å²) in [4.78, 5) is 7.47. The van der Waals surface area contributed by atoms with Gasteiger partial charge in [-0.3, -0.25) is 0 Å². The maximum absolute atomic E-state index is 2.49. The third kappa shape index (κ3) is 5.36. The number of hydrogen-bond donors (Lipinski definition) is 0. The molecular formula is C54H36BN3S. The average molecular weight is 770 g/mol. The van der Waals surface area contributed by atoms with Crippen molar-refractivity contribution in [2.45, 2.75) is 0 Å². The summed E-state index contributed by atoms with van der Waals surface area (Å²) in [7, 11) is 0. The van der Waals surface area contributed by atoms with Gasteiger partial charge in [0.25, 0.3) is 6.71 Å². The Kier molecular flexibility index (Phi) is 7.82. The average Bonchev–Trinajstić information content (AvgIpc) is 3.67. The van der Waals surface area contributed by atoms with Gasteiger partial charge in [0.05, 0.1) is 11.4 Å². The van der Waals surface area contributed by atoms with E-state index >= 15 is 0 Å². The Morgan fingerprint density at radius 2 is 0.898 bits per heavy atom. The standard InChI is InChI=1S/C54H36BN3S/c1-5-19-37(20-6-1)43-36-53-44(42-27-13-18-32-52(42)59-53)35-49(43)56(38-21-7-2-8-22-38)41-33-50-54-51(34-41)58(40-25-11-4-12-26-40)48-31-17-15-29-46(48)55(54)45-28-14-16-30-47(45)57(50)39-23-9-3-10-24-39/h1-36H. The lowest BCUT2D eigenvalue weighted by molar-refractivity contribution is 1.23. The first-order valence-electron chi connectivity index (χ1n) is 20.2. The summed E-state index contributed by atoms with van der Waals surface area (Å²) < 4.78 is 2.58. The number of para-hydroxylation sites is 5. The summed E-state index contributed by atoms with van der Waals surface area (Å²) >= 11 is 1.87. The van der Waals surface area contributed by atoms with Gasteiger partial charge in [-0.25, -0.2) is 0 Å². The van der Waals surface area contributed by atoms with Crippen molar-refractivity contribution >= 4 is 106 Å². The number of hydrogen-bond acceptors (Lipinski definition) is 4. The van der Waals surface area contributed by atoms with E-state index in [2.05, 4.69) is 233 Å². The Bertz CT molecular complexity index is 3070. The van der Waals surface area contributed by atoms with E-state index in [0.29, 0.717) is 0 Å². The van der Waals surface area contributed by atoms with Crippen LogP contribution < -0.4 is 31.1 Å². The summed E-state index contributed by atoms with van der Waals surface area (Å²) in [5.41, 5.74) is 16.6. The lowest BCUT2D eigenvalue weighted by Gasteiger charge is -2.45. The van der Waals surface area contributed by atoms with Crippen LogP contribution in [-0.4, -0.2) is 6.71 Å². The van der Waals surface area contributed by atoms with Gasteiger partial charge in [0, 0.05) is 65.5 Å². The van der Waals surface area contributed by atoms with Crippen molar-refractivity contribution in [1.29, 1.82) is 0 Å². The fourth-order valence-corrected chi connectivity index (χ4v) is 10.6. The molecule has 3 nitrogen and oxygen atoms in total. The maximum atomic E-state index is 2.49. The van der Waals surface area contributed by atoms with Crippen LogP contribution in [0.2, 0.25) is 0 Å². The van der Waals surface area contributed by atoms with E-state index in [0.717, 1.165) is 28.4 Å². The van der Waals surface area contributed by atoms with Gasteiger partial charge >= 0.3 is 0 Å². The third-order valence-corrected chi connectivity index (χ3v) is 13.1. The molecule has 59 heavy (non-hydrogen) atoms. The van der Waals surface area contributed by atoms with Crippen LogP contribution in [0.1, 0.15) is 0 Å². The SMILES string of the molecule is c1ccc(-c2cc3sc4ccccc4c3cc2N(c2ccccc2)c2cc3c4c(c2)N(c2ccccc2)c2ccccc2B4c2ccccc2N3c2ccccc2)cc1. The molecule has 0 saturated carbocycles. The maximum Gasteiger partial charge on any atom is 0.252 e. The fourth-order valence-electron chi connectivity index (χ4n) is 9.52. The van der Waals surface area contributed by atoms with Crippen molar-refractivity contribution in [3.05, 3.63) is 218 Å². The number of thiophene rings is 1. The minimum absolute atomic E-state index is 0.0416. The van der Waals surface area contributed by atoms with Gasteiger partial charge in [0.15, 0.2) is 0 Å². The molecule has 0 atom stereocenters. The first kappa shape index (κ1) is 33.8. The predicted molar refractivity (Wildman–Crippen MR) is 253 cm³/mol. The molecule has 0 aliphatic carbocycles. The summed E-state index contributed by atoms with van der Waals surface area (Å²) in [5.74, 6) is 0. The Hall–Kier alpha value is -7.34. The number of anilines is 9. The van der Waals surface area contributed by atoms with E-state index in [1.807, 2.05) is 11.3 Å². The Balaban J connectivity index is 1.22. The second-order valence-electron chi connectivity index (χ2n) is 15.3. The van der Waals surface area contributed by atoms with Crippen molar-refractivity contribution in [3.8, 4) is 11.1 Å². The molecule has 0 unspecified atom stereocenters. The summed E-state index contributed by atoms with van der Waals surface area (Å²) in [5, 5.41) is 2.55. The first-order chi connectivity index (χ1) is 29.3. The minimum atomic E-state index is 0.0416. The van der Waals surface area contributed by atoms with Crippen LogP contribution in [0, 0.1) is 0 Å². The van der Waals surface area contributed by atoms with Crippen LogP contribution in [0.25, 0.3) is 31.3 Å². The molecule has 0 spiro atoms. The van der Waals surface area contributed by atoms with Crippen LogP contribution in [0.4, 0.5) is 51.2 Å². The van der Waals surface area contributed by atoms with E-state index in [9.17, 15) is 0 Å². The molecule has 0 fully saturated rings. The predicted octanol–water partition coefficient (Wildman–Crippen LogP) is 13.3. The second kappa shape index (κ2) is 13.7. The van der Waals surface area contributed by atoms with Crippen molar-refractivity contribution in [1.82, 2.24) is 0 Å². The van der Waals surface area contributed by atoms with Crippen LogP contribution in [-0.2, 0) is 0 Å². The van der Waals surface area contributed by atoms with Crippen LogP contribution in [0.3, 0.4) is 0 Å². The monoisotopic (exact) mass is 769 g/mol. The molecule has 0 saturated heterocycles. The van der Waals surface area contributed by atoms with E-state index < -0.39 is 0 Å². The van der Waals surface area contributed by atoms with Crippen molar-refractivity contribution in [2.75, 3.05) is 14.7 Å². The molecular weight excluding hydrogens is 733 g/mol. The van der Waals surface area contributed by atoms with E-state index in [4.69, 9.17) is 0 Å². The van der Waals surface area contributed by atoms with E-state index in [-0.39, 0.29) is 6.71 Å². The van der Waals surface area contributed by atoms with Crippen LogP contribution in [0.5, 0.6) is 0 Å². The molecule has 2 aliphatic rings. The van der Waals surface area contributed by atoms with Gasteiger partial charge in [0.1, 0.15) is 0 Å². The molecule has 0 radical (unpaired) electrons. The Labute approximate surface area is 348 Å². The summed E-state index contributed by atoms with van der Waals surface area (Å²) in [6.07, 6.45) is 0. The van der Waals surface area contributed by atoms with Gasteiger partial charge in [-0.1, -0.05) is 140 Å². The quantitative estimate of drug-likeness (QED) is 0.156. The highest BCUT2D eigenvalue weighted by Gasteiger charge is 2.43. The topological polar surface area (TPSA) is 9.72 Å². The molecule has 2 aliphatic heterocycles. The van der Waals surface area contributed by atoms with Crippen LogP contribution in [0.15, 0.2) is 218 Å². The van der Waals surface area contributed by atoms with Gasteiger partial charge < -0.3 is 14.7 Å². The molecule has 10 aromatic rings. The Morgan fingerprint density at radius 1 is 0.390 bits per heavy atom. The minimum Gasteiger partial charge on any atom is -0.311 e. The highest BCUT2D eigenvalue weighted by atomic mass is 32.1. The molecule has 0 amide bonds. The largest absolute Gasteiger partial charge is 0.311 e. The first-order valence-corrected chi connectivity index (χ1v) is 21.0. The van der Waals surface area contributed by atoms with Crippen molar-refractivity contribution in [3.63, 3.8) is 0 Å². The molecule has 5 heteroatoms. The highest BCUT2D eigenvalue weighted by Crippen LogP contribution is 2.50. The van der Waals surface area contributed by atoms with Crippen molar-refractivity contribution in [2.24, 2.45) is 0 Å². The van der Waals surface area contributed by atoms with Gasteiger partial charge in [-0.05, 0) is 101 Å². The number of benzene rings is 9. The zero-order valence-electron chi connectivity index (χ0n) is 32.1. The molecule has 0 bridgehead atoms. The van der Waals surface area contributed by atoms with Gasteiger partial charge in [0.2, 0.25) is 0 Å². The number of fused-ring (bicyclic) bond motifs is 7. The molecule has 3 heterocycles. The fraction of sp³-hybridized carbons (Fsp3) is 0. The zero-order valence-corrected chi connectivity index (χ0v) is 32.9. The van der Waals surface area contributed by atoms with Gasteiger partial charge in [-0.15, -0.1) is 11.3 Å². The van der Waals surface area contributed by atoms with E-state index in [1.54, 1.807) is 0 Å². The smallest absolute Gasteiger partial charge is 0.252 e. The molecule has 276 valence electrons. The molecule has 0 N–H and O–H groups in total. The number of rotatable bonds is 6. The summed E-state index contributed by atoms with van der Waals surface area (Å²) in [6.45, 7) is 0.0416. The number of nitrogens with zero attached hydrogens (tertiary/aromatic N) is 3. The summed E-state index contributed by atoms with van der Waals surface area (Å²) in [6, 6.07) is 80.1. The third-order valence-electron chi connectivity index (χ3n) is 12.0. The van der Waals surface area contributed by atoms with E-state index in [1.165, 1.54) is 70.4 Å². The van der Waals surface area contributed by atoms with Gasteiger partial charge in [-0.2, -0.15) is 0 Å². The normalized spacial score (nSPS) is 12.6. The highest BCUT2D eigenvalue weighted by molar-refractivity contribution is 7.25.